The minimum atomic E-state index is -0.205. The highest BCUT2D eigenvalue weighted by atomic mass is 32.2. The van der Waals surface area contributed by atoms with E-state index in [1.165, 1.54) is 34.4 Å². The predicted molar refractivity (Wildman–Crippen MR) is 101 cm³/mol. The number of anilines is 1. The van der Waals surface area contributed by atoms with Crippen LogP contribution in [0.1, 0.15) is 15.2 Å². The zero-order chi connectivity index (χ0) is 17.5. The number of amides is 2. The number of rotatable bonds is 7. The van der Waals surface area contributed by atoms with E-state index >= 15 is 0 Å². The largest absolute Gasteiger partial charge is 0.351 e. The van der Waals surface area contributed by atoms with Crippen molar-refractivity contribution in [2.45, 2.75) is 10.9 Å². The fourth-order valence-electron chi connectivity index (χ4n) is 1.86. The van der Waals surface area contributed by atoms with Crippen molar-refractivity contribution in [2.75, 3.05) is 11.1 Å². The van der Waals surface area contributed by atoms with Crippen LogP contribution in [0.5, 0.6) is 0 Å². The van der Waals surface area contributed by atoms with Gasteiger partial charge in [-0.1, -0.05) is 59.5 Å². The second kappa shape index (κ2) is 8.75. The van der Waals surface area contributed by atoms with Gasteiger partial charge in [0.15, 0.2) is 4.34 Å². The topological polar surface area (TPSA) is 84.0 Å². The molecule has 2 amide bonds. The third-order valence-corrected chi connectivity index (χ3v) is 5.87. The van der Waals surface area contributed by atoms with Gasteiger partial charge in [0.2, 0.25) is 11.0 Å². The molecule has 0 saturated carbocycles. The Bertz CT molecular complexity index is 834. The van der Waals surface area contributed by atoms with Crippen LogP contribution < -0.4 is 10.6 Å². The van der Waals surface area contributed by atoms with Crippen molar-refractivity contribution >= 4 is 51.4 Å². The van der Waals surface area contributed by atoms with Crippen LogP contribution in [0.25, 0.3) is 0 Å². The Morgan fingerprint density at radius 2 is 1.92 bits per heavy atom. The number of aromatic nitrogens is 2. The molecule has 2 heterocycles. The van der Waals surface area contributed by atoms with Crippen LogP contribution in [-0.4, -0.2) is 27.8 Å². The van der Waals surface area contributed by atoms with Crippen LogP contribution in [0, 0.1) is 0 Å². The van der Waals surface area contributed by atoms with Gasteiger partial charge >= 0.3 is 0 Å². The van der Waals surface area contributed by atoms with Gasteiger partial charge in [0.25, 0.3) is 5.91 Å². The van der Waals surface area contributed by atoms with Gasteiger partial charge in [0, 0.05) is 6.54 Å². The number of carbonyl (C=O) groups is 2. The number of hydrogen-bond acceptors (Lipinski definition) is 7. The highest BCUT2D eigenvalue weighted by molar-refractivity contribution is 8.01. The van der Waals surface area contributed by atoms with Crippen molar-refractivity contribution < 1.29 is 9.59 Å². The fraction of sp³-hybridized carbons (Fsp3) is 0.125. The Morgan fingerprint density at radius 3 is 2.68 bits per heavy atom. The lowest BCUT2D eigenvalue weighted by Gasteiger charge is -2.03. The molecule has 3 rings (SSSR count). The van der Waals surface area contributed by atoms with Gasteiger partial charge in [-0.05, 0) is 17.0 Å². The molecule has 0 unspecified atom stereocenters. The lowest BCUT2D eigenvalue weighted by Crippen LogP contribution is -2.24. The van der Waals surface area contributed by atoms with Crippen LogP contribution in [0.15, 0.2) is 52.2 Å². The zero-order valence-corrected chi connectivity index (χ0v) is 15.4. The SMILES string of the molecule is O=C(CSc1nnc(NC(=O)c2cccs2)s1)NCc1ccccc1. The van der Waals surface area contributed by atoms with E-state index in [9.17, 15) is 9.59 Å². The Hall–Kier alpha value is -2.23. The van der Waals surface area contributed by atoms with E-state index in [1.807, 2.05) is 41.8 Å². The predicted octanol–water partition coefficient (Wildman–Crippen LogP) is 3.26. The summed E-state index contributed by atoms with van der Waals surface area (Å²) in [6.07, 6.45) is 0. The summed E-state index contributed by atoms with van der Waals surface area (Å²) in [6, 6.07) is 13.3. The first-order valence-electron chi connectivity index (χ1n) is 7.32. The third-order valence-electron chi connectivity index (χ3n) is 3.03. The van der Waals surface area contributed by atoms with Gasteiger partial charge in [-0.15, -0.1) is 21.5 Å². The minimum Gasteiger partial charge on any atom is -0.351 e. The smallest absolute Gasteiger partial charge is 0.267 e. The number of benzene rings is 1. The minimum absolute atomic E-state index is 0.0757. The second-order valence-electron chi connectivity index (χ2n) is 4.86. The molecule has 2 aromatic heterocycles. The second-order valence-corrected chi connectivity index (χ2v) is 8.00. The highest BCUT2D eigenvalue weighted by Gasteiger charge is 2.12. The Balaban J connectivity index is 1.43. The first kappa shape index (κ1) is 17.6. The fourth-order valence-corrected chi connectivity index (χ4v) is 4.06. The number of carbonyl (C=O) groups excluding carboxylic acids is 2. The first-order valence-corrected chi connectivity index (χ1v) is 10.0. The molecule has 0 saturated heterocycles. The van der Waals surface area contributed by atoms with E-state index in [-0.39, 0.29) is 17.6 Å². The van der Waals surface area contributed by atoms with Crippen molar-refractivity contribution in [3.05, 3.63) is 58.3 Å². The molecule has 9 heteroatoms. The Kier molecular flexibility index (Phi) is 6.15. The molecule has 0 aliphatic carbocycles. The van der Waals surface area contributed by atoms with Crippen molar-refractivity contribution in [2.24, 2.45) is 0 Å². The molecular formula is C16H14N4O2S3. The summed E-state index contributed by atoms with van der Waals surface area (Å²) >= 11 is 3.90. The molecule has 0 aliphatic heterocycles. The molecule has 2 N–H and O–H groups in total. The van der Waals surface area contributed by atoms with E-state index < -0.39 is 0 Å². The van der Waals surface area contributed by atoms with Gasteiger partial charge in [0.1, 0.15) is 0 Å². The summed E-state index contributed by atoms with van der Waals surface area (Å²) in [5, 5.41) is 15.7. The van der Waals surface area contributed by atoms with Gasteiger partial charge < -0.3 is 5.32 Å². The maximum absolute atomic E-state index is 11.9. The quantitative estimate of drug-likeness (QED) is 0.478. The average Bonchev–Trinajstić information content (AvgIpc) is 3.31. The monoisotopic (exact) mass is 390 g/mol. The lowest BCUT2D eigenvalue weighted by atomic mass is 10.2. The van der Waals surface area contributed by atoms with Crippen LogP contribution >= 0.6 is 34.4 Å². The molecule has 0 radical (unpaired) electrons. The van der Waals surface area contributed by atoms with Gasteiger partial charge in [-0.3, -0.25) is 14.9 Å². The van der Waals surface area contributed by atoms with E-state index in [0.717, 1.165) is 5.56 Å². The molecule has 128 valence electrons. The molecule has 1 aromatic carbocycles. The van der Waals surface area contributed by atoms with E-state index in [0.29, 0.717) is 20.9 Å². The lowest BCUT2D eigenvalue weighted by molar-refractivity contribution is -0.118. The molecule has 6 nitrogen and oxygen atoms in total. The summed E-state index contributed by atoms with van der Waals surface area (Å²) in [4.78, 5) is 24.4. The number of thioether (sulfide) groups is 1. The molecule has 0 atom stereocenters. The molecule has 25 heavy (non-hydrogen) atoms. The first-order chi connectivity index (χ1) is 12.2. The van der Waals surface area contributed by atoms with Gasteiger partial charge in [-0.2, -0.15) is 0 Å². The molecule has 0 spiro atoms. The van der Waals surface area contributed by atoms with Gasteiger partial charge in [0.05, 0.1) is 10.6 Å². The Labute approximate surface area is 156 Å². The van der Waals surface area contributed by atoms with E-state index in [4.69, 9.17) is 0 Å². The zero-order valence-electron chi connectivity index (χ0n) is 13.0. The standard InChI is InChI=1S/C16H14N4O2S3/c21-13(17-9-11-5-2-1-3-6-11)10-24-16-20-19-15(25-16)18-14(22)12-7-4-8-23-12/h1-8H,9-10H2,(H,17,21)(H,18,19,22). The van der Waals surface area contributed by atoms with Crippen LogP contribution in [0.2, 0.25) is 0 Å². The van der Waals surface area contributed by atoms with Crippen molar-refractivity contribution in [3.8, 4) is 0 Å². The molecule has 0 bridgehead atoms. The molecular weight excluding hydrogens is 376 g/mol. The average molecular weight is 391 g/mol. The summed E-state index contributed by atoms with van der Waals surface area (Å²) < 4.78 is 0.636. The third kappa shape index (κ3) is 5.38. The summed E-state index contributed by atoms with van der Waals surface area (Å²) in [5.74, 6) is -0.0307. The summed E-state index contributed by atoms with van der Waals surface area (Å²) in [5.41, 5.74) is 1.05. The molecule has 0 fully saturated rings. The summed E-state index contributed by atoms with van der Waals surface area (Å²) in [7, 11) is 0. The van der Waals surface area contributed by atoms with Crippen LogP contribution in [0.4, 0.5) is 5.13 Å². The number of hydrogen-bond donors (Lipinski definition) is 2. The van der Waals surface area contributed by atoms with Crippen LogP contribution in [-0.2, 0) is 11.3 Å². The van der Waals surface area contributed by atoms with Crippen molar-refractivity contribution in [1.82, 2.24) is 15.5 Å². The number of nitrogens with one attached hydrogen (secondary N) is 2. The highest BCUT2D eigenvalue weighted by Crippen LogP contribution is 2.25. The van der Waals surface area contributed by atoms with Crippen LogP contribution in [0.3, 0.4) is 0 Å². The number of thiophene rings is 1. The number of nitrogens with zero attached hydrogens (tertiary/aromatic N) is 2. The van der Waals surface area contributed by atoms with E-state index in [1.54, 1.807) is 6.07 Å². The maximum Gasteiger partial charge on any atom is 0.267 e. The van der Waals surface area contributed by atoms with Gasteiger partial charge in [-0.25, -0.2) is 0 Å². The molecule has 0 aliphatic rings. The van der Waals surface area contributed by atoms with E-state index in [2.05, 4.69) is 20.8 Å². The normalized spacial score (nSPS) is 10.4. The maximum atomic E-state index is 11.9. The van der Waals surface area contributed by atoms with Crippen molar-refractivity contribution in [1.29, 1.82) is 0 Å². The Morgan fingerprint density at radius 1 is 1.08 bits per heavy atom. The molecule has 3 aromatic rings. The summed E-state index contributed by atoms with van der Waals surface area (Å²) in [6.45, 7) is 0.498. The van der Waals surface area contributed by atoms with Crippen molar-refractivity contribution in [3.63, 3.8) is 0 Å².